The van der Waals surface area contributed by atoms with Crippen molar-refractivity contribution in [1.82, 2.24) is 15.5 Å². The van der Waals surface area contributed by atoms with E-state index in [0.29, 0.717) is 23.2 Å². The second-order valence-corrected chi connectivity index (χ2v) is 7.35. The average molecular weight is 511 g/mol. The van der Waals surface area contributed by atoms with Crippen LogP contribution in [0.1, 0.15) is 31.7 Å². The lowest BCUT2D eigenvalue weighted by atomic mass is 10.1. The minimum atomic E-state index is -0.227. The van der Waals surface area contributed by atoms with Gasteiger partial charge in [0.15, 0.2) is 5.96 Å². The van der Waals surface area contributed by atoms with Crippen LogP contribution < -0.4 is 10.6 Å². The normalized spacial score (nSPS) is 24.1. The molecule has 3 rings (SSSR count). The first-order valence-corrected chi connectivity index (χ1v) is 9.78. The van der Waals surface area contributed by atoms with Gasteiger partial charge in [0.05, 0.1) is 19.8 Å². The van der Waals surface area contributed by atoms with Gasteiger partial charge in [0.1, 0.15) is 5.82 Å². The van der Waals surface area contributed by atoms with Gasteiger partial charge < -0.3 is 15.4 Å². The highest BCUT2D eigenvalue weighted by Crippen LogP contribution is 2.44. The number of ether oxygens (including phenoxy) is 1. The Hall–Kier alpha value is -0.640. The molecule has 1 aromatic rings. The summed E-state index contributed by atoms with van der Waals surface area (Å²) in [5.74, 6) is 0.659. The maximum absolute atomic E-state index is 14.1. The minimum Gasteiger partial charge on any atom is -0.379 e. The summed E-state index contributed by atoms with van der Waals surface area (Å²) in [7, 11) is 0. The third-order valence-electron chi connectivity index (χ3n) is 5.01. The molecule has 1 heterocycles. The molecule has 1 aromatic carbocycles. The van der Waals surface area contributed by atoms with Gasteiger partial charge in [-0.2, -0.15) is 0 Å². The second-order valence-electron chi connectivity index (χ2n) is 6.95. The number of nitrogens with zero attached hydrogens (tertiary/aromatic N) is 2. The molecule has 2 fully saturated rings. The van der Waals surface area contributed by atoms with Crippen molar-refractivity contribution in [3.05, 3.63) is 34.6 Å². The fraction of sp³-hybridized carbons (Fsp3) is 0.632. The molecular weight excluding hydrogens is 482 g/mol. The molecule has 3 unspecified atom stereocenters. The molecule has 0 amide bonds. The van der Waals surface area contributed by atoms with Crippen LogP contribution in [-0.2, 0) is 4.74 Å². The summed E-state index contributed by atoms with van der Waals surface area (Å²) in [6.45, 7) is 9.23. The van der Waals surface area contributed by atoms with Crippen molar-refractivity contribution in [2.24, 2.45) is 4.99 Å². The molecular formula is C19H29ClFIN4O. The average Bonchev–Trinajstić information content (AvgIpc) is 3.39. The number of nitrogens with one attached hydrogen (secondary N) is 2. The maximum Gasteiger partial charge on any atom is 0.191 e. The van der Waals surface area contributed by atoms with Crippen LogP contribution in [0.5, 0.6) is 0 Å². The predicted octanol–water partition coefficient (Wildman–Crippen LogP) is 3.23. The van der Waals surface area contributed by atoms with Gasteiger partial charge in [-0.1, -0.05) is 17.7 Å². The fourth-order valence-corrected chi connectivity index (χ4v) is 3.69. The van der Waals surface area contributed by atoms with Crippen LogP contribution >= 0.6 is 35.6 Å². The molecule has 152 valence electrons. The Morgan fingerprint density at radius 2 is 2.15 bits per heavy atom. The van der Waals surface area contributed by atoms with Crippen molar-refractivity contribution in [2.45, 2.75) is 38.3 Å². The van der Waals surface area contributed by atoms with Gasteiger partial charge in [0.2, 0.25) is 0 Å². The molecule has 0 aromatic heterocycles. The van der Waals surface area contributed by atoms with Gasteiger partial charge in [-0.15, -0.1) is 24.0 Å². The molecule has 8 heteroatoms. The van der Waals surface area contributed by atoms with E-state index in [1.807, 2.05) is 6.92 Å². The number of aliphatic imine (C=N–C) groups is 1. The van der Waals surface area contributed by atoms with Crippen molar-refractivity contribution in [1.29, 1.82) is 0 Å². The van der Waals surface area contributed by atoms with E-state index in [-0.39, 0.29) is 41.8 Å². The van der Waals surface area contributed by atoms with E-state index in [0.717, 1.165) is 45.2 Å². The van der Waals surface area contributed by atoms with E-state index in [4.69, 9.17) is 21.3 Å². The highest BCUT2D eigenvalue weighted by molar-refractivity contribution is 14.0. The van der Waals surface area contributed by atoms with E-state index in [2.05, 4.69) is 22.5 Å². The molecule has 3 atom stereocenters. The summed E-state index contributed by atoms with van der Waals surface area (Å²) in [5.41, 5.74) is 0.615. The predicted molar refractivity (Wildman–Crippen MR) is 119 cm³/mol. The lowest BCUT2D eigenvalue weighted by Crippen LogP contribution is -2.44. The summed E-state index contributed by atoms with van der Waals surface area (Å²) >= 11 is 6.19. The van der Waals surface area contributed by atoms with Crippen LogP contribution in [0, 0.1) is 5.82 Å². The van der Waals surface area contributed by atoms with E-state index < -0.39 is 0 Å². The zero-order valence-electron chi connectivity index (χ0n) is 15.9. The standard InChI is InChI=1S/C19H28ClFN4O.HI/c1-3-22-19(23-12-13(2)25-7-9-26-10-8-25)24-17-11-14(17)18-15(20)5-4-6-16(18)21;/h4-6,13-14,17H,3,7-12H2,1-2H3,(H2,22,23,24);1H. The van der Waals surface area contributed by atoms with Crippen LogP contribution in [0.2, 0.25) is 5.02 Å². The van der Waals surface area contributed by atoms with Crippen molar-refractivity contribution >= 4 is 41.5 Å². The SMILES string of the molecule is CCNC(=NCC(C)N1CCOCC1)NC1CC1c1c(F)cccc1Cl.I. The number of hydrogen-bond donors (Lipinski definition) is 2. The number of rotatable bonds is 6. The Balaban J connectivity index is 0.00000261. The smallest absolute Gasteiger partial charge is 0.191 e. The number of guanidine groups is 1. The highest BCUT2D eigenvalue weighted by Gasteiger charge is 2.41. The first kappa shape index (κ1) is 22.6. The van der Waals surface area contributed by atoms with E-state index >= 15 is 0 Å². The van der Waals surface area contributed by atoms with Crippen molar-refractivity contribution in [3.63, 3.8) is 0 Å². The zero-order chi connectivity index (χ0) is 18.5. The Morgan fingerprint density at radius 3 is 2.81 bits per heavy atom. The minimum absolute atomic E-state index is 0. The molecule has 2 N–H and O–H groups in total. The molecule has 2 aliphatic rings. The zero-order valence-corrected chi connectivity index (χ0v) is 19.0. The maximum atomic E-state index is 14.1. The molecule has 1 aliphatic heterocycles. The van der Waals surface area contributed by atoms with Gasteiger partial charge in [-0.05, 0) is 32.4 Å². The Kier molecular flexibility index (Phi) is 9.04. The monoisotopic (exact) mass is 510 g/mol. The Morgan fingerprint density at radius 1 is 1.41 bits per heavy atom. The van der Waals surface area contributed by atoms with Gasteiger partial charge in [0, 0.05) is 48.2 Å². The first-order chi connectivity index (χ1) is 12.6. The number of halogens is 3. The van der Waals surface area contributed by atoms with Crippen LogP contribution in [0.15, 0.2) is 23.2 Å². The highest BCUT2D eigenvalue weighted by atomic mass is 127. The van der Waals surface area contributed by atoms with Crippen LogP contribution in [0.4, 0.5) is 4.39 Å². The molecule has 27 heavy (non-hydrogen) atoms. The topological polar surface area (TPSA) is 48.9 Å². The third kappa shape index (κ3) is 6.17. The number of morpholine rings is 1. The van der Waals surface area contributed by atoms with Gasteiger partial charge in [-0.25, -0.2) is 4.39 Å². The molecule has 5 nitrogen and oxygen atoms in total. The van der Waals surface area contributed by atoms with E-state index in [1.54, 1.807) is 12.1 Å². The fourth-order valence-electron chi connectivity index (χ4n) is 3.39. The molecule has 0 radical (unpaired) electrons. The Labute approximate surface area is 183 Å². The quantitative estimate of drug-likeness (QED) is 0.351. The molecule has 1 aliphatic carbocycles. The summed E-state index contributed by atoms with van der Waals surface area (Å²) in [6, 6.07) is 5.40. The number of hydrogen-bond acceptors (Lipinski definition) is 3. The largest absolute Gasteiger partial charge is 0.379 e. The van der Waals surface area contributed by atoms with Crippen molar-refractivity contribution in [3.8, 4) is 0 Å². The molecule has 0 spiro atoms. The van der Waals surface area contributed by atoms with Crippen molar-refractivity contribution < 1.29 is 9.13 Å². The molecule has 1 saturated heterocycles. The number of benzene rings is 1. The molecule has 0 bridgehead atoms. The lowest BCUT2D eigenvalue weighted by molar-refractivity contribution is 0.0220. The summed E-state index contributed by atoms with van der Waals surface area (Å²) < 4.78 is 19.5. The van der Waals surface area contributed by atoms with Crippen molar-refractivity contribution in [2.75, 3.05) is 39.4 Å². The van der Waals surface area contributed by atoms with Gasteiger partial charge >= 0.3 is 0 Å². The summed E-state index contributed by atoms with van der Waals surface area (Å²) in [4.78, 5) is 7.13. The first-order valence-electron chi connectivity index (χ1n) is 9.40. The van der Waals surface area contributed by atoms with Gasteiger partial charge in [0.25, 0.3) is 0 Å². The van der Waals surface area contributed by atoms with E-state index in [9.17, 15) is 4.39 Å². The summed E-state index contributed by atoms with van der Waals surface area (Å²) in [5, 5.41) is 7.21. The lowest BCUT2D eigenvalue weighted by Gasteiger charge is -2.31. The van der Waals surface area contributed by atoms with E-state index in [1.165, 1.54) is 6.07 Å². The van der Waals surface area contributed by atoms with Crippen LogP contribution in [-0.4, -0.2) is 62.3 Å². The van der Waals surface area contributed by atoms with Gasteiger partial charge in [-0.3, -0.25) is 9.89 Å². The third-order valence-corrected chi connectivity index (χ3v) is 5.34. The summed E-state index contributed by atoms with van der Waals surface area (Å²) in [6.07, 6.45) is 0.865. The Bertz CT molecular complexity index is 622. The van der Waals surface area contributed by atoms with Crippen LogP contribution in [0.25, 0.3) is 0 Å². The van der Waals surface area contributed by atoms with Crippen LogP contribution in [0.3, 0.4) is 0 Å². The molecule has 1 saturated carbocycles. The second kappa shape index (κ2) is 10.8.